The first kappa shape index (κ1) is 20.0. The summed E-state index contributed by atoms with van der Waals surface area (Å²) in [4.78, 5) is 22.4. The number of hydrogen-bond acceptors (Lipinski definition) is 6. The Morgan fingerprint density at radius 1 is 1.03 bits per heavy atom. The fraction of sp³-hybridized carbons (Fsp3) is 0.130. The van der Waals surface area contributed by atoms with E-state index in [1.54, 1.807) is 41.6 Å². The molecule has 3 aromatic heterocycles. The largest absolute Gasteiger partial charge is 0.493 e. The highest BCUT2D eigenvalue weighted by Gasteiger charge is 2.19. The van der Waals surface area contributed by atoms with Gasteiger partial charge in [-0.15, -0.1) is 0 Å². The minimum Gasteiger partial charge on any atom is -0.493 e. The second kappa shape index (κ2) is 7.97. The second-order valence-corrected chi connectivity index (χ2v) is 7.52. The van der Waals surface area contributed by atoms with Gasteiger partial charge in [0, 0.05) is 16.8 Å². The summed E-state index contributed by atoms with van der Waals surface area (Å²) >= 11 is 6.49. The molecule has 32 heavy (non-hydrogen) atoms. The summed E-state index contributed by atoms with van der Waals surface area (Å²) in [6.07, 6.45) is 3.13. The number of benzene rings is 2. The van der Waals surface area contributed by atoms with Crippen LogP contribution in [0.5, 0.6) is 11.5 Å². The Morgan fingerprint density at radius 3 is 2.62 bits per heavy atom. The van der Waals surface area contributed by atoms with Gasteiger partial charge in [0.25, 0.3) is 11.3 Å². The van der Waals surface area contributed by atoms with Gasteiger partial charge in [0.15, 0.2) is 11.5 Å². The van der Waals surface area contributed by atoms with Crippen molar-refractivity contribution in [3.63, 3.8) is 0 Å². The minimum absolute atomic E-state index is 0.211. The van der Waals surface area contributed by atoms with Gasteiger partial charge in [-0.2, -0.15) is 14.6 Å². The number of fused-ring (bicyclic) bond motifs is 2. The number of nitrogens with zero attached hydrogens (tertiary/aromatic N) is 5. The standard InChI is InChI=1S/C23H18ClN5O3/c1-31-18-8-7-14(11-19(18)32-2)12-28-10-9-17-20(22(28)30)21(15-5-3-4-6-16(15)24)29-23(27-17)25-13-26-29/h3-11,13H,12H2,1-2H3. The number of rotatable bonds is 5. The highest BCUT2D eigenvalue weighted by molar-refractivity contribution is 6.33. The quantitative estimate of drug-likeness (QED) is 0.407. The van der Waals surface area contributed by atoms with Crippen LogP contribution >= 0.6 is 11.6 Å². The van der Waals surface area contributed by atoms with E-state index >= 15 is 0 Å². The Labute approximate surface area is 187 Å². The predicted molar refractivity (Wildman–Crippen MR) is 122 cm³/mol. The minimum atomic E-state index is -0.211. The molecule has 5 aromatic rings. The monoisotopic (exact) mass is 447 g/mol. The van der Waals surface area contributed by atoms with Crippen LogP contribution in [0, 0.1) is 0 Å². The zero-order valence-electron chi connectivity index (χ0n) is 17.3. The first-order valence-corrected chi connectivity index (χ1v) is 10.2. The summed E-state index contributed by atoms with van der Waals surface area (Å²) < 4.78 is 13.9. The van der Waals surface area contributed by atoms with Crippen molar-refractivity contribution < 1.29 is 9.47 Å². The number of pyridine rings is 1. The van der Waals surface area contributed by atoms with E-state index in [1.807, 2.05) is 36.4 Å². The lowest BCUT2D eigenvalue weighted by molar-refractivity contribution is 0.354. The first-order valence-electron chi connectivity index (χ1n) is 9.79. The van der Waals surface area contributed by atoms with Crippen molar-refractivity contribution in [3.05, 3.63) is 82.0 Å². The molecule has 0 radical (unpaired) electrons. The molecule has 0 spiro atoms. The normalized spacial score (nSPS) is 11.2. The molecule has 5 rings (SSSR count). The maximum Gasteiger partial charge on any atom is 0.262 e. The molecule has 0 fully saturated rings. The van der Waals surface area contributed by atoms with Gasteiger partial charge < -0.3 is 14.0 Å². The molecule has 0 amide bonds. The summed E-state index contributed by atoms with van der Waals surface area (Å²) in [6, 6.07) is 14.7. The van der Waals surface area contributed by atoms with Crippen molar-refractivity contribution >= 4 is 28.3 Å². The molecular weight excluding hydrogens is 430 g/mol. The molecule has 0 aliphatic carbocycles. The van der Waals surface area contributed by atoms with Crippen LogP contribution in [-0.4, -0.2) is 38.4 Å². The Balaban J connectivity index is 1.73. The molecule has 0 N–H and O–H groups in total. The molecule has 0 unspecified atom stereocenters. The summed E-state index contributed by atoms with van der Waals surface area (Å²) in [5.74, 6) is 1.62. The second-order valence-electron chi connectivity index (χ2n) is 7.11. The van der Waals surface area contributed by atoms with E-state index in [0.717, 1.165) is 5.56 Å². The number of ether oxygens (including phenoxy) is 2. The predicted octanol–water partition coefficient (Wildman–Crippen LogP) is 3.83. The highest BCUT2D eigenvalue weighted by atomic mass is 35.5. The molecule has 0 aliphatic heterocycles. The molecule has 0 bridgehead atoms. The average Bonchev–Trinajstić information content (AvgIpc) is 3.28. The van der Waals surface area contributed by atoms with Crippen molar-refractivity contribution in [2.45, 2.75) is 6.54 Å². The van der Waals surface area contributed by atoms with Gasteiger partial charge in [-0.3, -0.25) is 4.79 Å². The van der Waals surface area contributed by atoms with Gasteiger partial charge in [0.05, 0.1) is 37.4 Å². The van der Waals surface area contributed by atoms with Crippen molar-refractivity contribution in [3.8, 4) is 22.8 Å². The fourth-order valence-corrected chi connectivity index (χ4v) is 3.99. The van der Waals surface area contributed by atoms with Crippen molar-refractivity contribution in [2.75, 3.05) is 14.2 Å². The van der Waals surface area contributed by atoms with Crippen LogP contribution in [0.2, 0.25) is 5.02 Å². The van der Waals surface area contributed by atoms with Gasteiger partial charge in [-0.05, 0) is 29.8 Å². The van der Waals surface area contributed by atoms with E-state index in [-0.39, 0.29) is 5.56 Å². The SMILES string of the molecule is COc1ccc(Cn2ccc3nc4ncnn4c(-c4ccccc4Cl)c3c2=O)cc1OC. The Kier molecular flexibility index (Phi) is 4.99. The lowest BCUT2D eigenvalue weighted by atomic mass is 10.1. The third-order valence-electron chi connectivity index (χ3n) is 5.27. The third kappa shape index (κ3) is 3.25. The van der Waals surface area contributed by atoms with E-state index in [4.69, 9.17) is 21.1 Å². The maximum absolute atomic E-state index is 13.6. The molecule has 0 atom stereocenters. The number of halogens is 1. The van der Waals surface area contributed by atoms with Crippen LogP contribution < -0.4 is 15.0 Å². The van der Waals surface area contributed by atoms with Gasteiger partial charge in [0.1, 0.15) is 6.33 Å². The highest BCUT2D eigenvalue weighted by Crippen LogP contribution is 2.32. The zero-order chi connectivity index (χ0) is 22.2. The fourth-order valence-electron chi connectivity index (χ4n) is 3.77. The third-order valence-corrected chi connectivity index (χ3v) is 5.60. The molecular formula is C23H18ClN5O3. The zero-order valence-corrected chi connectivity index (χ0v) is 18.1. The molecule has 9 heteroatoms. The number of methoxy groups -OCH3 is 2. The average molecular weight is 448 g/mol. The van der Waals surface area contributed by atoms with E-state index < -0.39 is 0 Å². The van der Waals surface area contributed by atoms with Crippen LogP contribution in [0.3, 0.4) is 0 Å². The van der Waals surface area contributed by atoms with Crippen LogP contribution in [-0.2, 0) is 6.54 Å². The van der Waals surface area contributed by atoms with Gasteiger partial charge >= 0.3 is 0 Å². The van der Waals surface area contributed by atoms with Gasteiger partial charge in [0.2, 0.25) is 0 Å². The Morgan fingerprint density at radius 2 is 1.84 bits per heavy atom. The smallest absolute Gasteiger partial charge is 0.262 e. The van der Waals surface area contributed by atoms with Crippen molar-refractivity contribution in [1.29, 1.82) is 0 Å². The number of hydrogen-bond donors (Lipinski definition) is 0. The first-order chi connectivity index (χ1) is 15.6. The molecule has 0 aliphatic rings. The molecule has 0 saturated carbocycles. The number of aromatic nitrogens is 5. The van der Waals surface area contributed by atoms with Gasteiger partial charge in [-0.25, -0.2) is 4.98 Å². The van der Waals surface area contributed by atoms with Crippen LogP contribution in [0.15, 0.2) is 65.8 Å². The Bertz CT molecular complexity index is 1530. The Hall–Kier alpha value is -3.91. The van der Waals surface area contributed by atoms with Gasteiger partial charge in [-0.1, -0.05) is 35.9 Å². The van der Waals surface area contributed by atoms with E-state index in [1.165, 1.54) is 6.33 Å². The lowest BCUT2D eigenvalue weighted by Gasteiger charge is -2.13. The van der Waals surface area contributed by atoms with E-state index in [0.29, 0.717) is 51.0 Å². The summed E-state index contributed by atoms with van der Waals surface area (Å²) in [7, 11) is 3.16. The maximum atomic E-state index is 13.6. The van der Waals surface area contributed by atoms with Crippen LogP contribution in [0.4, 0.5) is 0 Å². The van der Waals surface area contributed by atoms with E-state index in [9.17, 15) is 4.79 Å². The van der Waals surface area contributed by atoms with Crippen LogP contribution in [0.25, 0.3) is 27.9 Å². The lowest BCUT2D eigenvalue weighted by Crippen LogP contribution is -2.22. The molecule has 8 nitrogen and oxygen atoms in total. The molecule has 160 valence electrons. The van der Waals surface area contributed by atoms with Crippen molar-refractivity contribution in [1.82, 2.24) is 24.1 Å². The van der Waals surface area contributed by atoms with E-state index in [2.05, 4.69) is 15.1 Å². The summed E-state index contributed by atoms with van der Waals surface area (Å²) in [5, 5.41) is 5.21. The van der Waals surface area contributed by atoms with Crippen molar-refractivity contribution in [2.24, 2.45) is 0 Å². The topological polar surface area (TPSA) is 83.5 Å². The molecule has 0 saturated heterocycles. The summed E-state index contributed by atoms with van der Waals surface area (Å²) in [6.45, 7) is 0.340. The molecule has 2 aromatic carbocycles. The summed E-state index contributed by atoms with van der Waals surface area (Å²) in [5.41, 5.74) is 2.43. The molecule has 3 heterocycles. The van der Waals surface area contributed by atoms with Crippen LogP contribution in [0.1, 0.15) is 5.56 Å².